The van der Waals surface area contributed by atoms with E-state index in [-0.39, 0.29) is 17.1 Å². The van der Waals surface area contributed by atoms with Gasteiger partial charge in [-0.05, 0) is 5.39 Å². The highest BCUT2D eigenvalue weighted by Gasteiger charge is 2.21. The molecule has 2 aromatic rings. The Hall–Kier alpha value is -2.58. The number of pyridine rings is 1. The Bertz CT molecular complexity index is 752. The van der Waals surface area contributed by atoms with Crippen molar-refractivity contribution in [3.8, 4) is 12.3 Å². The van der Waals surface area contributed by atoms with Crippen LogP contribution in [0.25, 0.3) is 10.8 Å². The summed E-state index contributed by atoms with van der Waals surface area (Å²) in [5.41, 5.74) is 0.248. The molecule has 1 amide bonds. The molecule has 1 aromatic heterocycles. The van der Waals surface area contributed by atoms with Gasteiger partial charge in [0, 0.05) is 18.0 Å². The Morgan fingerprint density at radius 1 is 1.38 bits per heavy atom. The van der Waals surface area contributed by atoms with Gasteiger partial charge in [-0.15, -0.1) is 12.3 Å². The average molecular weight is 303 g/mol. The molecule has 0 aliphatic rings. The van der Waals surface area contributed by atoms with Gasteiger partial charge in [0.25, 0.3) is 5.91 Å². The summed E-state index contributed by atoms with van der Waals surface area (Å²) in [6.45, 7) is 0. The number of hydrogen-bond acceptors (Lipinski definition) is 3. The predicted octanol–water partition coefficient (Wildman–Crippen LogP) is 2.09. The summed E-state index contributed by atoms with van der Waals surface area (Å²) in [5, 5.41) is 12.9. The Kier molecular flexibility index (Phi) is 4.41. The maximum atomic E-state index is 12.2. The molecule has 5 nitrogen and oxygen atoms in total. The van der Waals surface area contributed by atoms with Crippen molar-refractivity contribution < 1.29 is 14.7 Å². The van der Waals surface area contributed by atoms with Crippen LogP contribution < -0.4 is 5.32 Å². The molecule has 0 radical (unpaired) electrons. The van der Waals surface area contributed by atoms with Crippen LogP contribution in [0.15, 0.2) is 30.5 Å². The van der Waals surface area contributed by atoms with Crippen molar-refractivity contribution in [3.63, 3.8) is 0 Å². The van der Waals surface area contributed by atoms with Crippen LogP contribution in [-0.2, 0) is 4.79 Å². The lowest BCUT2D eigenvalue weighted by atomic mass is 10.1. The predicted molar refractivity (Wildman–Crippen MR) is 79.1 cm³/mol. The van der Waals surface area contributed by atoms with Crippen molar-refractivity contribution in [2.75, 3.05) is 0 Å². The Labute approximate surface area is 125 Å². The maximum Gasteiger partial charge on any atom is 0.327 e. The third-order valence-corrected chi connectivity index (χ3v) is 3.22. The fourth-order valence-corrected chi connectivity index (χ4v) is 2.11. The van der Waals surface area contributed by atoms with Crippen molar-refractivity contribution in [3.05, 3.63) is 41.2 Å². The first-order chi connectivity index (χ1) is 10.0. The summed E-state index contributed by atoms with van der Waals surface area (Å²) in [6, 6.07) is 5.84. The van der Waals surface area contributed by atoms with E-state index in [9.17, 15) is 9.59 Å². The van der Waals surface area contributed by atoms with Crippen molar-refractivity contribution in [1.29, 1.82) is 0 Å². The number of aliphatic carboxylic acids is 1. The molecule has 0 spiro atoms. The van der Waals surface area contributed by atoms with Gasteiger partial charge >= 0.3 is 5.97 Å². The third kappa shape index (κ3) is 3.12. The highest BCUT2D eigenvalue weighted by atomic mass is 35.5. The monoisotopic (exact) mass is 302 g/mol. The molecule has 106 valence electrons. The smallest absolute Gasteiger partial charge is 0.327 e. The summed E-state index contributed by atoms with van der Waals surface area (Å²) in [5.74, 6) is 0.475. The minimum atomic E-state index is -1.19. The molecule has 0 saturated heterocycles. The summed E-state index contributed by atoms with van der Waals surface area (Å²) in [4.78, 5) is 27.2. The van der Waals surface area contributed by atoms with Crippen molar-refractivity contribution in [2.45, 2.75) is 12.5 Å². The fraction of sp³-hybridized carbons (Fsp3) is 0.133. The van der Waals surface area contributed by atoms with Gasteiger partial charge in [0.1, 0.15) is 11.2 Å². The van der Waals surface area contributed by atoms with E-state index < -0.39 is 17.9 Å². The molecule has 21 heavy (non-hydrogen) atoms. The van der Waals surface area contributed by atoms with Gasteiger partial charge in [-0.2, -0.15) is 0 Å². The molecule has 2 N–H and O–H groups in total. The molecule has 6 heteroatoms. The first-order valence-corrected chi connectivity index (χ1v) is 6.42. The van der Waals surface area contributed by atoms with E-state index in [1.165, 1.54) is 6.20 Å². The number of fused-ring (bicyclic) bond motifs is 1. The number of carbonyl (C=O) groups is 2. The number of halogens is 1. The summed E-state index contributed by atoms with van der Waals surface area (Å²) < 4.78 is 0. The second kappa shape index (κ2) is 6.25. The first kappa shape index (κ1) is 14.8. The van der Waals surface area contributed by atoms with Crippen LogP contribution in [0.4, 0.5) is 0 Å². The molecule has 1 aromatic carbocycles. The lowest BCUT2D eigenvalue weighted by molar-refractivity contribution is -0.139. The molecule has 0 saturated carbocycles. The van der Waals surface area contributed by atoms with E-state index in [0.29, 0.717) is 10.8 Å². The number of amides is 1. The number of rotatable bonds is 4. The standard InChI is InChI=1S/C15H11ClN2O3/c1-2-5-12(15(20)21)18-14(19)11-8-17-13(16)10-7-4-3-6-9(10)11/h1,3-4,6-8,12H,5H2,(H,18,19)(H,20,21). The third-order valence-electron chi connectivity index (χ3n) is 2.92. The Morgan fingerprint density at radius 3 is 2.67 bits per heavy atom. The van der Waals surface area contributed by atoms with Gasteiger partial charge in [0.15, 0.2) is 0 Å². The highest BCUT2D eigenvalue weighted by Crippen LogP contribution is 2.24. The molecule has 0 bridgehead atoms. The van der Waals surface area contributed by atoms with E-state index in [1.54, 1.807) is 24.3 Å². The zero-order chi connectivity index (χ0) is 15.4. The highest BCUT2D eigenvalue weighted by molar-refractivity contribution is 6.34. The van der Waals surface area contributed by atoms with Gasteiger partial charge in [0.2, 0.25) is 0 Å². The molecule has 0 fully saturated rings. The van der Waals surface area contributed by atoms with Crippen molar-refractivity contribution in [1.82, 2.24) is 10.3 Å². The zero-order valence-corrected chi connectivity index (χ0v) is 11.6. The van der Waals surface area contributed by atoms with E-state index in [1.807, 2.05) is 0 Å². The van der Waals surface area contributed by atoms with Gasteiger partial charge < -0.3 is 10.4 Å². The van der Waals surface area contributed by atoms with E-state index in [2.05, 4.69) is 16.2 Å². The van der Waals surface area contributed by atoms with Gasteiger partial charge in [-0.1, -0.05) is 35.9 Å². The molecular weight excluding hydrogens is 292 g/mol. The molecule has 1 unspecified atom stereocenters. The minimum Gasteiger partial charge on any atom is -0.480 e. The second-order valence-corrected chi connectivity index (χ2v) is 4.64. The number of terminal acetylenes is 1. The van der Waals surface area contributed by atoms with Gasteiger partial charge in [-0.3, -0.25) is 4.79 Å². The first-order valence-electron chi connectivity index (χ1n) is 6.05. The summed E-state index contributed by atoms with van der Waals surface area (Å²) >= 11 is 5.98. The lowest BCUT2D eigenvalue weighted by Gasteiger charge is -2.13. The van der Waals surface area contributed by atoms with Gasteiger partial charge in [0.05, 0.1) is 5.56 Å². The number of carboxylic acids is 1. The lowest BCUT2D eigenvalue weighted by Crippen LogP contribution is -2.40. The zero-order valence-electron chi connectivity index (χ0n) is 10.8. The SMILES string of the molecule is C#CCC(NC(=O)c1cnc(Cl)c2ccccc12)C(=O)O. The average Bonchev–Trinajstić information content (AvgIpc) is 2.47. The van der Waals surface area contributed by atoms with E-state index in [0.717, 1.165) is 0 Å². The van der Waals surface area contributed by atoms with Crippen LogP contribution in [-0.4, -0.2) is 28.0 Å². The van der Waals surface area contributed by atoms with Crippen LogP contribution in [0.2, 0.25) is 5.15 Å². The number of nitrogens with one attached hydrogen (secondary N) is 1. The van der Waals surface area contributed by atoms with Crippen LogP contribution in [0, 0.1) is 12.3 Å². The van der Waals surface area contributed by atoms with Crippen molar-refractivity contribution >= 4 is 34.2 Å². The normalized spacial score (nSPS) is 11.6. The quantitative estimate of drug-likeness (QED) is 0.669. The number of carboxylic acid groups (broad SMARTS) is 1. The molecule has 0 aliphatic heterocycles. The molecular formula is C15H11ClN2O3. The van der Waals surface area contributed by atoms with Crippen LogP contribution in [0.5, 0.6) is 0 Å². The second-order valence-electron chi connectivity index (χ2n) is 4.28. The number of aromatic nitrogens is 1. The van der Waals surface area contributed by atoms with Crippen molar-refractivity contribution in [2.24, 2.45) is 0 Å². The molecule has 1 atom stereocenters. The Morgan fingerprint density at radius 2 is 2.05 bits per heavy atom. The largest absolute Gasteiger partial charge is 0.480 e. The topological polar surface area (TPSA) is 79.3 Å². The van der Waals surface area contributed by atoms with E-state index >= 15 is 0 Å². The number of benzene rings is 1. The van der Waals surface area contributed by atoms with Crippen LogP contribution in [0.3, 0.4) is 0 Å². The summed E-state index contributed by atoms with van der Waals surface area (Å²) in [7, 11) is 0. The molecule has 1 heterocycles. The van der Waals surface area contributed by atoms with Gasteiger partial charge in [-0.25, -0.2) is 9.78 Å². The number of carbonyl (C=O) groups excluding carboxylic acids is 1. The molecule has 2 rings (SSSR count). The van der Waals surface area contributed by atoms with E-state index in [4.69, 9.17) is 23.1 Å². The number of hydrogen-bond donors (Lipinski definition) is 2. The number of nitrogens with zero attached hydrogens (tertiary/aromatic N) is 1. The maximum absolute atomic E-state index is 12.2. The fourth-order valence-electron chi connectivity index (χ4n) is 1.89. The molecule has 0 aliphatic carbocycles. The van der Waals surface area contributed by atoms with Crippen LogP contribution >= 0.6 is 11.6 Å². The van der Waals surface area contributed by atoms with Crippen LogP contribution in [0.1, 0.15) is 16.8 Å². The minimum absolute atomic E-state index is 0.0972. The summed E-state index contributed by atoms with van der Waals surface area (Å²) in [6.07, 6.45) is 6.31. The Balaban J connectivity index is 2.38.